The highest BCUT2D eigenvalue weighted by Gasteiger charge is 2.32. The second-order valence-corrected chi connectivity index (χ2v) is 3.40. The van der Waals surface area contributed by atoms with Gasteiger partial charge in [0.1, 0.15) is 19.6 Å². The van der Waals surface area contributed by atoms with Gasteiger partial charge in [-0.05, 0) is 18.2 Å². The number of nitriles is 1. The van der Waals surface area contributed by atoms with Gasteiger partial charge in [0.2, 0.25) is 0 Å². The summed E-state index contributed by atoms with van der Waals surface area (Å²) in [6.45, 7) is 0.765. The highest BCUT2D eigenvalue weighted by molar-refractivity contribution is 5.45. The Labute approximate surface area is 91.2 Å². The van der Waals surface area contributed by atoms with Gasteiger partial charge in [0.15, 0.2) is 11.5 Å². The highest BCUT2D eigenvalue weighted by Crippen LogP contribution is 2.38. The fourth-order valence-corrected chi connectivity index (χ4v) is 1.47. The van der Waals surface area contributed by atoms with Gasteiger partial charge in [-0.25, -0.2) is 8.78 Å². The van der Waals surface area contributed by atoms with Crippen molar-refractivity contribution in [2.24, 2.45) is 0 Å². The summed E-state index contributed by atoms with van der Waals surface area (Å²) in [4.78, 5) is 0. The molecule has 1 aliphatic rings. The molecule has 84 valence electrons. The van der Waals surface area contributed by atoms with Crippen LogP contribution < -0.4 is 9.47 Å². The minimum absolute atomic E-state index is 0.224. The van der Waals surface area contributed by atoms with Crippen LogP contribution in [0, 0.1) is 11.3 Å². The standard InChI is InChI=1S/C11H9F2NO2/c12-11(13,3-4-14)8-1-2-9-10(7-8)16-6-5-15-9/h1-2,7H,3,5-6H2. The van der Waals surface area contributed by atoms with Gasteiger partial charge < -0.3 is 9.47 Å². The lowest BCUT2D eigenvalue weighted by atomic mass is 10.1. The molecule has 0 fully saturated rings. The van der Waals surface area contributed by atoms with Gasteiger partial charge in [-0.2, -0.15) is 5.26 Å². The predicted octanol–water partition coefficient (Wildman–Crippen LogP) is 2.46. The Morgan fingerprint density at radius 1 is 1.25 bits per heavy atom. The fraction of sp³-hybridized carbons (Fsp3) is 0.364. The van der Waals surface area contributed by atoms with Crippen molar-refractivity contribution in [3.05, 3.63) is 23.8 Å². The van der Waals surface area contributed by atoms with Crippen LogP contribution in [-0.4, -0.2) is 13.2 Å². The topological polar surface area (TPSA) is 42.2 Å². The molecule has 1 heterocycles. The number of hydrogen-bond donors (Lipinski definition) is 0. The Morgan fingerprint density at radius 3 is 2.62 bits per heavy atom. The fourth-order valence-electron chi connectivity index (χ4n) is 1.47. The molecule has 1 aliphatic heterocycles. The summed E-state index contributed by atoms with van der Waals surface area (Å²) in [5.74, 6) is -2.38. The number of fused-ring (bicyclic) bond motifs is 1. The molecule has 0 saturated heterocycles. The van der Waals surface area contributed by atoms with Crippen molar-refractivity contribution < 1.29 is 18.3 Å². The molecule has 0 radical (unpaired) electrons. The zero-order valence-electron chi connectivity index (χ0n) is 8.37. The lowest BCUT2D eigenvalue weighted by Crippen LogP contribution is -2.17. The molecule has 0 aromatic heterocycles. The number of rotatable bonds is 2. The summed E-state index contributed by atoms with van der Waals surface area (Å²) in [5, 5.41) is 8.32. The van der Waals surface area contributed by atoms with Crippen LogP contribution in [0.25, 0.3) is 0 Å². The summed E-state index contributed by atoms with van der Waals surface area (Å²) in [7, 11) is 0. The predicted molar refractivity (Wildman–Crippen MR) is 51.6 cm³/mol. The Morgan fingerprint density at radius 2 is 1.94 bits per heavy atom. The molecule has 0 spiro atoms. The van der Waals surface area contributed by atoms with Crippen LogP contribution in [0.3, 0.4) is 0 Å². The van der Waals surface area contributed by atoms with Crippen LogP contribution in [-0.2, 0) is 5.92 Å². The van der Waals surface area contributed by atoms with E-state index in [4.69, 9.17) is 14.7 Å². The van der Waals surface area contributed by atoms with E-state index in [2.05, 4.69) is 0 Å². The highest BCUT2D eigenvalue weighted by atomic mass is 19.3. The van der Waals surface area contributed by atoms with Crippen molar-refractivity contribution in [3.63, 3.8) is 0 Å². The maximum Gasteiger partial charge on any atom is 0.286 e. The molecule has 5 heteroatoms. The number of nitrogens with zero attached hydrogens (tertiary/aromatic N) is 1. The number of ether oxygens (including phenoxy) is 2. The Bertz CT molecular complexity index is 440. The molecule has 1 aromatic rings. The number of hydrogen-bond acceptors (Lipinski definition) is 3. The van der Waals surface area contributed by atoms with Crippen LogP contribution >= 0.6 is 0 Å². The maximum atomic E-state index is 13.4. The molecule has 2 rings (SSSR count). The maximum absolute atomic E-state index is 13.4. The molecule has 0 atom stereocenters. The van der Waals surface area contributed by atoms with E-state index in [1.165, 1.54) is 24.3 Å². The first-order valence-electron chi connectivity index (χ1n) is 4.78. The summed E-state index contributed by atoms with van der Waals surface area (Å²) >= 11 is 0. The van der Waals surface area contributed by atoms with Gasteiger partial charge in [-0.1, -0.05) is 0 Å². The minimum Gasteiger partial charge on any atom is -0.486 e. The molecule has 1 aromatic carbocycles. The number of alkyl halides is 2. The monoisotopic (exact) mass is 225 g/mol. The van der Waals surface area contributed by atoms with Crippen LogP contribution in [0.1, 0.15) is 12.0 Å². The van der Waals surface area contributed by atoms with E-state index in [1.807, 2.05) is 0 Å². The second-order valence-electron chi connectivity index (χ2n) is 3.40. The SMILES string of the molecule is N#CCC(F)(F)c1ccc2c(c1)OCCO2. The molecule has 0 N–H and O–H groups in total. The Kier molecular flexibility index (Phi) is 2.65. The van der Waals surface area contributed by atoms with E-state index in [9.17, 15) is 8.78 Å². The number of benzene rings is 1. The van der Waals surface area contributed by atoms with Crippen molar-refractivity contribution in [3.8, 4) is 17.6 Å². The Hall–Kier alpha value is -1.83. The van der Waals surface area contributed by atoms with Crippen LogP contribution in [0.4, 0.5) is 8.78 Å². The van der Waals surface area contributed by atoms with E-state index in [0.29, 0.717) is 24.7 Å². The first kappa shape index (κ1) is 10.7. The van der Waals surface area contributed by atoms with E-state index in [0.717, 1.165) is 0 Å². The third kappa shape index (κ3) is 1.91. The van der Waals surface area contributed by atoms with Crippen molar-refractivity contribution >= 4 is 0 Å². The normalized spacial score (nSPS) is 14.3. The average Bonchev–Trinajstić information content (AvgIpc) is 2.28. The molecule has 0 amide bonds. The van der Waals surface area contributed by atoms with Gasteiger partial charge in [0, 0.05) is 5.56 Å². The lowest BCUT2D eigenvalue weighted by Gasteiger charge is -2.20. The molecular formula is C11H9F2NO2. The van der Waals surface area contributed by atoms with Gasteiger partial charge in [0.25, 0.3) is 5.92 Å². The van der Waals surface area contributed by atoms with Crippen LogP contribution in [0.15, 0.2) is 18.2 Å². The van der Waals surface area contributed by atoms with Gasteiger partial charge in [-0.3, -0.25) is 0 Å². The zero-order valence-corrected chi connectivity index (χ0v) is 8.37. The largest absolute Gasteiger partial charge is 0.486 e. The number of halogens is 2. The van der Waals surface area contributed by atoms with Crippen molar-refractivity contribution in [2.45, 2.75) is 12.3 Å². The summed E-state index contributed by atoms with van der Waals surface area (Å²) in [5.41, 5.74) is -0.224. The molecule has 0 saturated carbocycles. The summed E-state index contributed by atoms with van der Waals surface area (Å²) in [6, 6.07) is 5.39. The summed E-state index contributed by atoms with van der Waals surface area (Å²) < 4.78 is 37.2. The molecule has 3 nitrogen and oxygen atoms in total. The van der Waals surface area contributed by atoms with Crippen molar-refractivity contribution in [2.75, 3.05) is 13.2 Å². The van der Waals surface area contributed by atoms with Crippen LogP contribution in [0.2, 0.25) is 0 Å². The Balaban J connectivity index is 2.33. The smallest absolute Gasteiger partial charge is 0.286 e. The molecule has 0 unspecified atom stereocenters. The zero-order chi connectivity index (χ0) is 11.6. The van der Waals surface area contributed by atoms with E-state index >= 15 is 0 Å². The molecule has 16 heavy (non-hydrogen) atoms. The quantitative estimate of drug-likeness (QED) is 0.776. The van der Waals surface area contributed by atoms with Crippen LogP contribution in [0.5, 0.6) is 11.5 Å². The summed E-state index contributed by atoms with van der Waals surface area (Å²) in [6.07, 6.45) is -0.841. The first-order valence-corrected chi connectivity index (χ1v) is 4.78. The van der Waals surface area contributed by atoms with Gasteiger partial charge >= 0.3 is 0 Å². The third-order valence-corrected chi connectivity index (χ3v) is 2.27. The molecule has 0 aliphatic carbocycles. The lowest BCUT2D eigenvalue weighted by molar-refractivity contribution is 0.000475. The van der Waals surface area contributed by atoms with Crippen molar-refractivity contribution in [1.29, 1.82) is 5.26 Å². The van der Waals surface area contributed by atoms with Crippen molar-refractivity contribution in [1.82, 2.24) is 0 Å². The molecular weight excluding hydrogens is 216 g/mol. The van der Waals surface area contributed by atoms with E-state index in [1.54, 1.807) is 0 Å². The van der Waals surface area contributed by atoms with E-state index < -0.39 is 12.3 Å². The van der Waals surface area contributed by atoms with E-state index in [-0.39, 0.29) is 5.56 Å². The minimum atomic E-state index is -3.15. The first-order chi connectivity index (χ1) is 7.63. The third-order valence-electron chi connectivity index (χ3n) is 2.27. The second kappa shape index (κ2) is 3.97. The van der Waals surface area contributed by atoms with Gasteiger partial charge in [0.05, 0.1) is 6.07 Å². The van der Waals surface area contributed by atoms with Gasteiger partial charge in [-0.15, -0.1) is 0 Å². The average molecular weight is 225 g/mol. The molecule has 0 bridgehead atoms.